The Bertz CT molecular complexity index is 398. The highest BCUT2D eigenvalue weighted by molar-refractivity contribution is 5.36. The number of hydrogen-bond acceptors (Lipinski definition) is 2. The van der Waals surface area contributed by atoms with Crippen LogP contribution < -0.4 is 5.73 Å². The van der Waals surface area contributed by atoms with Crippen molar-refractivity contribution in [3.63, 3.8) is 0 Å². The van der Waals surface area contributed by atoms with Gasteiger partial charge < -0.3 is 10.5 Å². The molecular formula is C15H23NO. The topological polar surface area (TPSA) is 35.2 Å². The van der Waals surface area contributed by atoms with Crippen LogP contribution in [0.1, 0.15) is 30.0 Å². The molecule has 0 radical (unpaired) electrons. The van der Waals surface area contributed by atoms with E-state index in [1.54, 1.807) is 0 Å². The quantitative estimate of drug-likeness (QED) is 0.867. The van der Waals surface area contributed by atoms with Gasteiger partial charge in [0.25, 0.3) is 0 Å². The summed E-state index contributed by atoms with van der Waals surface area (Å²) in [6.45, 7) is 9.12. The van der Waals surface area contributed by atoms with E-state index in [4.69, 9.17) is 10.5 Å². The van der Waals surface area contributed by atoms with Crippen LogP contribution in [-0.2, 0) is 10.2 Å². The maximum absolute atomic E-state index is 6.04. The molecule has 1 aromatic carbocycles. The van der Waals surface area contributed by atoms with Crippen LogP contribution in [0.4, 0.5) is 0 Å². The standard InChI is InChI=1S/C15H23NO/c1-11-4-5-12(2)14(6-11)15(3,10-16)7-13-8-17-9-13/h4-6,13H,7-10,16H2,1-3H3. The second kappa shape index (κ2) is 4.79. The molecule has 1 saturated heterocycles. The van der Waals surface area contributed by atoms with E-state index in [9.17, 15) is 0 Å². The van der Waals surface area contributed by atoms with Crippen molar-refractivity contribution in [2.45, 2.75) is 32.6 Å². The van der Waals surface area contributed by atoms with Crippen molar-refractivity contribution in [1.29, 1.82) is 0 Å². The molecule has 1 aromatic rings. The average molecular weight is 233 g/mol. The predicted molar refractivity (Wildman–Crippen MR) is 71.2 cm³/mol. The third-order valence-electron chi connectivity index (χ3n) is 3.94. The highest BCUT2D eigenvalue weighted by Crippen LogP contribution is 2.35. The van der Waals surface area contributed by atoms with E-state index in [-0.39, 0.29) is 5.41 Å². The first-order valence-corrected chi connectivity index (χ1v) is 6.41. The number of rotatable bonds is 4. The summed E-state index contributed by atoms with van der Waals surface area (Å²) in [6.07, 6.45) is 1.13. The fraction of sp³-hybridized carbons (Fsp3) is 0.600. The minimum Gasteiger partial charge on any atom is -0.381 e. The second-order valence-electron chi connectivity index (χ2n) is 5.69. The van der Waals surface area contributed by atoms with Crippen LogP contribution in [0.5, 0.6) is 0 Å². The molecule has 1 heterocycles. The molecule has 0 bridgehead atoms. The van der Waals surface area contributed by atoms with Gasteiger partial charge in [-0.1, -0.05) is 30.7 Å². The Morgan fingerprint density at radius 3 is 2.59 bits per heavy atom. The molecule has 94 valence electrons. The lowest BCUT2D eigenvalue weighted by molar-refractivity contribution is -0.0442. The minimum atomic E-state index is 0.0878. The maximum Gasteiger partial charge on any atom is 0.0516 e. The largest absolute Gasteiger partial charge is 0.381 e. The summed E-state index contributed by atoms with van der Waals surface area (Å²) in [5.74, 6) is 0.684. The molecule has 2 heteroatoms. The molecule has 1 aliphatic heterocycles. The van der Waals surface area contributed by atoms with Crippen molar-refractivity contribution in [3.8, 4) is 0 Å². The fourth-order valence-corrected chi connectivity index (χ4v) is 2.73. The molecule has 0 aliphatic carbocycles. The third kappa shape index (κ3) is 2.53. The van der Waals surface area contributed by atoms with Gasteiger partial charge in [-0.2, -0.15) is 0 Å². The lowest BCUT2D eigenvalue weighted by Crippen LogP contribution is -2.40. The minimum absolute atomic E-state index is 0.0878. The number of aryl methyl sites for hydroxylation is 2. The zero-order chi connectivity index (χ0) is 12.5. The summed E-state index contributed by atoms with van der Waals surface area (Å²) in [6, 6.07) is 6.67. The van der Waals surface area contributed by atoms with Crippen LogP contribution in [0.3, 0.4) is 0 Å². The van der Waals surface area contributed by atoms with Gasteiger partial charge in [0.2, 0.25) is 0 Å². The Morgan fingerprint density at radius 1 is 1.35 bits per heavy atom. The van der Waals surface area contributed by atoms with Crippen LogP contribution in [-0.4, -0.2) is 19.8 Å². The van der Waals surface area contributed by atoms with E-state index in [2.05, 4.69) is 39.0 Å². The molecule has 1 atom stereocenters. The average Bonchev–Trinajstić information content (AvgIpc) is 2.27. The van der Waals surface area contributed by atoms with Crippen LogP contribution in [0.25, 0.3) is 0 Å². The van der Waals surface area contributed by atoms with Gasteiger partial charge in [-0.25, -0.2) is 0 Å². The van der Waals surface area contributed by atoms with E-state index < -0.39 is 0 Å². The summed E-state index contributed by atoms with van der Waals surface area (Å²) in [5, 5.41) is 0. The number of nitrogens with two attached hydrogens (primary N) is 1. The molecule has 1 aliphatic rings. The molecule has 17 heavy (non-hydrogen) atoms. The molecule has 0 saturated carbocycles. The fourth-order valence-electron chi connectivity index (χ4n) is 2.73. The first-order chi connectivity index (χ1) is 8.05. The molecule has 2 rings (SSSR count). The Kier molecular flexibility index (Phi) is 3.55. The smallest absolute Gasteiger partial charge is 0.0516 e. The summed E-state index contributed by atoms with van der Waals surface area (Å²) in [7, 11) is 0. The first kappa shape index (κ1) is 12.6. The SMILES string of the molecule is Cc1ccc(C)c(C(C)(CN)CC2COC2)c1. The van der Waals surface area contributed by atoms with Crippen LogP contribution in [0.2, 0.25) is 0 Å². The van der Waals surface area contributed by atoms with Gasteiger partial charge in [-0.15, -0.1) is 0 Å². The van der Waals surface area contributed by atoms with Crippen LogP contribution >= 0.6 is 0 Å². The van der Waals surface area contributed by atoms with Gasteiger partial charge in [-0.05, 0) is 31.4 Å². The highest BCUT2D eigenvalue weighted by Gasteiger charge is 2.33. The van der Waals surface area contributed by atoms with Crippen LogP contribution in [0, 0.1) is 19.8 Å². The van der Waals surface area contributed by atoms with Crippen molar-refractivity contribution >= 4 is 0 Å². The normalized spacial score (nSPS) is 19.8. The maximum atomic E-state index is 6.04. The Hall–Kier alpha value is -0.860. The van der Waals surface area contributed by atoms with E-state index >= 15 is 0 Å². The monoisotopic (exact) mass is 233 g/mol. The molecule has 1 fully saturated rings. The number of benzene rings is 1. The Labute approximate surface area is 104 Å². The zero-order valence-electron chi connectivity index (χ0n) is 11.1. The van der Waals surface area contributed by atoms with Gasteiger partial charge in [-0.3, -0.25) is 0 Å². The summed E-state index contributed by atoms with van der Waals surface area (Å²) < 4.78 is 5.27. The van der Waals surface area contributed by atoms with Gasteiger partial charge in [0.05, 0.1) is 13.2 Å². The van der Waals surface area contributed by atoms with Gasteiger partial charge in [0.15, 0.2) is 0 Å². The predicted octanol–water partition coefficient (Wildman–Crippen LogP) is 2.56. The van der Waals surface area contributed by atoms with Crippen molar-refractivity contribution in [1.82, 2.24) is 0 Å². The van der Waals surface area contributed by atoms with Gasteiger partial charge >= 0.3 is 0 Å². The molecule has 0 spiro atoms. The highest BCUT2D eigenvalue weighted by atomic mass is 16.5. The first-order valence-electron chi connectivity index (χ1n) is 6.41. The van der Waals surface area contributed by atoms with Crippen molar-refractivity contribution in [2.75, 3.05) is 19.8 Å². The molecular weight excluding hydrogens is 210 g/mol. The van der Waals surface area contributed by atoms with Gasteiger partial charge in [0, 0.05) is 17.9 Å². The molecule has 0 amide bonds. The Morgan fingerprint density at radius 2 is 2.06 bits per heavy atom. The van der Waals surface area contributed by atoms with Crippen LogP contribution in [0.15, 0.2) is 18.2 Å². The third-order valence-corrected chi connectivity index (χ3v) is 3.94. The molecule has 1 unspecified atom stereocenters. The van der Waals surface area contributed by atoms with E-state index in [1.165, 1.54) is 16.7 Å². The second-order valence-corrected chi connectivity index (χ2v) is 5.69. The molecule has 2 nitrogen and oxygen atoms in total. The van der Waals surface area contributed by atoms with E-state index in [1.807, 2.05) is 0 Å². The van der Waals surface area contributed by atoms with Crippen molar-refractivity contribution in [3.05, 3.63) is 34.9 Å². The zero-order valence-corrected chi connectivity index (χ0v) is 11.1. The molecule has 0 aromatic heterocycles. The number of hydrogen-bond donors (Lipinski definition) is 1. The summed E-state index contributed by atoms with van der Waals surface area (Å²) in [4.78, 5) is 0. The summed E-state index contributed by atoms with van der Waals surface area (Å²) >= 11 is 0. The summed E-state index contributed by atoms with van der Waals surface area (Å²) in [5.41, 5.74) is 10.2. The number of ether oxygens (including phenoxy) is 1. The lowest BCUT2D eigenvalue weighted by atomic mass is 9.73. The van der Waals surface area contributed by atoms with E-state index in [0.717, 1.165) is 19.6 Å². The Balaban J connectivity index is 2.28. The molecule has 2 N–H and O–H groups in total. The van der Waals surface area contributed by atoms with Crippen molar-refractivity contribution < 1.29 is 4.74 Å². The lowest BCUT2D eigenvalue weighted by Gasteiger charge is -2.37. The van der Waals surface area contributed by atoms with Crippen molar-refractivity contribution in [2.24, 2.45) is 11.7 Å². The van der Waals surface area contributed by atoms with Gasteiger partial charge in [0.1, 0.15) is 0 Å². The van der Waals surface area contributed by atoms with E-state index in [0.29, 0.717) is 12.5 Å².